The number of carbonyl (C=O) groups excluding carboxylic acids is 1. The van der Waals surface area contributed by atoms with Crippen molar-refractivity contribution in [1.82, 2.24) is 4.90 Å². The van der Waals surface area contributed by atoms with E-state index in [4.69, 9.17) is 0 Å². The molecule has 0 rings (SSSR count). The second-order valence-electron chi connectivity index (χ2n) is 11.3. The van der Waals surface area contributed by atoms with Crippen LogP contribution in [-0.2, 0) is 9.53 Å². The van der Waals surface area contributed by atoms with Crippen LogP contribution in [0.1, 0.15) is 167 Å². The van der Waals surface area contributed by atoms with Crippen LogP contribution in [-0.4, -0.2) is 38.1 Å². The molecule has 0 aliphatic carbocycles. The Kier molecular flexibility index (Phi) is 28.1. The molecular weight excluding hydrogens is 442 g/mol. The monoisotopic (exact) mass is 508 g/mol. The van der Waals surface area contributed by atoms with Crippen molar-refractivity contribution >= 4 is 5.97 Å². The highest BCUT2D eigenvalue weighted by Gasteiger charge is 2.10. The highest BCUT2D eigenvalue weighted by molar-refractivity contribution is 5.68. The molecule has 1 unspecified atom stereocenters. The molecule has 1 atom stereocenters. The average molecular weight is 508 g/mol. The number of hydrogen-bond acceptors (Lipinski definition) is 3. The molecule has 0 saturated carbocycles. The van der Waals surface area contributed by atoms with E-state index in [1.807, 2.05) is 0 Å². The van der Waals surface area contributed by atoms with Crippen LogP contribution in [0.15, 0.2) is 12.2 Å². The van der Waals surface area contributed by atoms with Gasteiger partial charge < -0.3 is 9.64 Å². The van der Waals surface area contributed by atoms with Gasteiger partial charge in [-0.1, -0.05) is 128 Å². The highest BCUT2D eigenvalue weighted by atomic mass is 16.5. The van der Waals surface area contributed by atoms with Crippen molar-refractivity contribution in [2.75, 3.05) is 21.2 Å². The van der Waals surface area contributed by atoms with Crippen molar-refractivity contribution in [1.29, 1.82) is 0 Å². The molecule has 0 heterocycles. The minimum absolute atomic E-state index is 0.0733. The van der Waals surface area contributed by atoms with Crippen LogP contribution in [0.4, 0.5) is 0 Å². The molecule has 0 N–H and O–H groups in total. The first-order chi connectivity index (χ1) is 17.6. The Hall–Kier alpha value is -0.830. The van der Waals surface area contributed by atoms with E-state index in [1.165, 1.54) is 148 Å². The van der Waals surface area contributed by atoms with Crippen LogP contribution in [0, 0.1) is 0 Å². The molecule has 0 fully saturated rings. The molecule has 0 aromatic rings. The van der Waals surface area contributed by atoms with Gasteiger partial charge in [-0.25, -0.2) is 0 Å². The third kappa shape index (κ3) is 26.2. The Labute approximate surface area is 227 Å². The topological polar surface area (TPSA) is 29.5 Å². The molecule has 0 bridgehead atoms. The molecule has 0 radical (unpaired) electrons. The lowest BCUT2D eigenvalue weighted by Gasteiger charge is -2.24. The largest absolute Gasteiger partial charge is 0.469 e. The molecule has 3 heteroatoms. The Morgan fingerprint density at radius 3 is 1.42 bits per heavy atom. The minimum Gasteiger partial charge on any atom is -0.469 e. The zero-order valence-corrected chi connectivity index (χ0v) is 25.2. The quantitative estimate of drug-likeness (QED) is 0.0599. The molecular formula is C33H65NO2. The number of hydrogen-bond donors (Lipinski definition) is 0. The molecule has 0 aliphatic heterocycles. The molecule has 214 valence electrons. The normalized spacial score (nSPS) is 12.6. The second-order valence-corrected chi connectivity index (χ2v) is 11.3. The van der Waals surface area contributed by atoms with Gasteiger partial charge in [0, 0.05) is 12.5 Å². The predicted molar refractivity (Wildman–Crippen MR) is 160 cm³/mol. The lowest BCUT2D eigenvalue weighted by molar-refractivity contribution is -0.140. The van der Waals surface area contributed by atoms with Gasteiger partial charge in [0.05, 0.1) is 7.11 Å². The Morgan fingerprint density at radius 1 is 0.611 bits per heavy atom. The maximum absolute atomic E-state index is 11.0. The standard InChI is InChI=1S/C33H65NO2/c1-5-6-7-8-20-23-26-29-32(34(2)3)30-27-24-21-18-16-14-12-10-9-11-13-15-17-19-22-25-28-31-33(35)36-4/h11,13,32H,5-10,12,14-31H2,1-4H3/b13-11-. The fourth-order valence-electron chi connectivity index (χ4n) is 5.10. The molecule has 0 spiro atoms. The van der Waals surface area contributed by atoms with Crippen LogP contribution >= 0.6 is 0 Å². The number of carbonyl (C=O) groups is 1. The number of rotatable bonds is 28. The highest BCUT2D eigenvalue weighted by Crippen LogP contribution is 2.18. The summed E-state index contributed by atoms with van der Waals surface area (Å²) in [5.41, 5.74) is 0. The van der Waals surface area contributed by atoms with Gasteiger partial charge in [-0.15, -0.1) is 0 Å². The van der Waals surface area contributed by atoms with E-state index in [1.54, 1.807) is 0 Å². The number of unbranched alkanes of at least 4 members (excludes halogenated alkanes) is 19. The number of esters is 1. The summed E-state index contributed by atoms with van der Waals surface area (Å²) in [4.78, 5) is 13.5. The Morgan fingerprint density at radius 2 is 1.00 bits per heavy atom. The summed E-state index contributed by atoms with van der Waals surface area (Å²) in [6.45, 7) is 2.30. The van der Waals surface area contributed by atoms with E-state index in [0.717, 1.165) is 18.9 Å². The second kappa shape index (κ2) is 28.7. The van der Waals surface area contributed by atoms with Crippen LogP contribution in [0.25, 0.3) is 0 Å². The van der Waals surface area contributed by atoms with Gasteiger partial charge >= 0.3 is 5.97 Å². The Bertz CT molecular complexity index is 474. The number of allylic oxidation sites excluding steroid dienone is 2. The van der Waals surface area contributed by atoms with Gasteiger partial charge in [-0.05, 0) is 59.0 Å². The first-order valence-electron chi connectivity index (χ1n) is 16.0. The fraction of sp³-hybridized carbons (Fsp3) is 0.909. The van der Waals surface area contributed by atoms with Crippen molar-refractivity contribution in [2.24, 2.45) is 0 Å². The van der Waals surface area contributed by atoms with Crippen molar-refractivity contribution in [3.05, 3.63) is 12.2 Å². The van der Waals surface area contributed by atoms with Crippen LogP contribution in [0.5, 0.6) is 0 Å². The predicted octanol–water partition coefficient (Wildman–Crippen LogP) is 10.4. The smallest absolute Gasteiger partial charge is 0.305 e. The van der Waals surface area contributed by atoms with E-state index in [2.05, 4.69) is 42.8 Å². The number of methoxy groups -OCH3 is 1. The number of nitrogens with zero attached hydrogens (tertiary/aromatic N) is 1. The maximum atomic E-state index is 11.0. The van der Waals surface area contributed by atoms with Gasteiger partial charge in [-0.2, -0.15) is 0 Å². The van der Waals surface area contributed by atoms with Crippen molar-refractivity contribution in [2.45, 2.75) is 173 Å². The Balaban J connectivity index is 3.39. The minimum atomic E-state index is -0.0733. The zero-order chi connectivity index (χ0) is 26.5. The lowest BCUT2D eigenvalue weighted by Crippen LogP contribution is -2.27. The molecule has 0 aromatic carbocycles. The summed E-state index contributed by atoms with van der Waals surface area (Å²) in [7, 11) is 6.02. The first-order valence-corrected chi connectivity index (χ1v) is 16.0. The molecule has 3 nitrogen and oxygen atoms in total. The number of ether oxygens (including phenoxy) is 1. The molecule has 0 amide bonds. The van der Waals surface area contributed by atoms with Gasteiger partial charge in [0.15, 0.2) is 0 Å². The van der Waals surface area contributed by atoms with E-state index in [0.29, 0.717) is 6.42 Å². The van der Waals surface area contributed by atoms with E-state index in [-0.39, 0.29) is 5.97 Å². The summed E-state index contributed by atoms with van der Waals surface area (Å²) in [5.74, 6) is -0.0733. The van der Waals surface area contributed by atoms with E-state index >= 15 is 0 Å². The zero-order valence-electron chi connectivity index (χ0n) is 25.2. The van der Waals surface area contributed by atoms with Gasteiger partial charge in [0.1, 0.15) is 0 Å². The van der Waals surface area contributed by atoms with Crippen LogP contribution in [0.2, 0.25) is 0 Å². The summed E-state index contributed by atoms with van der Waals surface area (Å²) in [6.07, 6.45) is 37.8. The van der Waals surface area contributed by atoms with Crippen molar-refractivity contribution in [3.63, 3.8) is 0 Å². The average Bonchev–Trinajstić information content (AvgIpc) is 2.87. The molecule has 0 saturated heterocycles. The van der Waals surface area contributed by atoms with Gasteiger partial charge in [0.25, 0.3) is 0 Å². The van der Waals surface area contributed by atoms with E-state index in [9.17, 15) is 4.79 Å². The third-order valence-electron chi connectivity index (χ3n) is 7.68. The SMILES string of the molecule is CCCCCCCCCC(CCCCCCCCCC/C=C\CCCCCCCC(=O)OC)N(C)C. The van der Waals surface area contributed by atoms with Crippen LogP contribution in [0.3, 0.4) is 0 Å². The van der Waals surface area contributed by atoms with Crippen molar-refractivity contribution in [3.8, 4) is 0 Å². The maximum Gasteiger partial charge on any atom is 0.305 e. The van der Waals surface area contributed by atoms with Gasteiger partial charge in [0.2, 0.25) is 0 Å². The molecule has 36 heavy (non-hydrogen) atoms. The summed E-state index contributed by atoms with van der Waals surface area (Å²) in [6, 6.07) is 0.798. The van der Waals surface area contributed by atoms with Gasteiger partial charge in [-0.3, -0.25) is 4.79 Å². The molecule has 0 aliphatic rings. The molecule has 0 aromatic heterocycles. The third-order valence-corrected chi connectivity index (χ3v) is 7.68. The fourth-order valence-corrected chi connectivity index (χ4v) is 5.10. The first kappa shape index (κ1) is 35.2. The lowest BCUT2D eigenvalue weighted by atomic mass is 9.99. The summed E-state index contributed by atoms with van der Waals surface area (Å²) >= 11 is 0. The van der Waals surface area contributed by atoms with Crippen LogP contribution < -0.4 is 0 Å². The summed E-state index contributed by atoms with van der Waals surface area (Å²) < 4.78 is 4.67. The van der Waals surface area contributed by atoms with E-state index < -0.39 is 0 Å². The summed E-state index contributed by atoms with van der Waals surface area (Å²) in [5, 5.41) is 0. The van der Waals surface area contributed by atoms with Crippen molar-refractivity contribution < 1.29 is 9.53 Å².